The van der Waals surface area contributed by atoms with Crippen molar-refractivity contribution >= 4 is 48.5 Å². The van der Waals surface area contributed by atoms with Crippen LogP contribution in [0.15, 0.2) is 60.7 Å². The lowest BCUT2D eigenvalue weighted by Gasteiger charge is -1.80. The largest absolute Gasteiger partial charge is 0.696 e. The Balaban J connectivity index is -0.000000220. The molecule has 0 amide bonds. The SMILES string of the molecule is C.Clc1ccccc1.Clc1ccccc1.N#C[S-].N#C[S-]. The molecule has 2 aromatic rings. The summed E-state index contributed by atoms with van der Waals surface area (Å²) in [6.45, 7) is 0. The number of benzene rings is 2. The third-order valence-electron chi connectivity index (χ3n) is 1.47. The summed E-state index contributed by atoms with van der Waals surface area (Å²) in [6.07, 6.45) is 0. The lowest BCUT2D eigenvalue weighted by atomic mass is 10.4. The van der Waals surface area contributed by atoms with E-state index in [9.17, 15) is 0 Å². The Morgan fingerprint density at radius 3 is 0.952 bits per heavy atom. The van der Waals surface area contributed by atoms with E-state index >= 15 is 0 Å². The number of hydrogen-bond donors (Lipinski definition) is 0. The lowest BCUT2D eigenvalue weighted by molar-refractivity contribution is 1.57. The Morgan fingerprint density at radius 2 is 0.857 bits per heavy atom. The molecule has 0 heterocycles. The van der Waals surface area contributed by atoms with Crippen molar-refractivity contribution in [2.75, 3.05) is 0 Å². The predicted octanol–water partition coefficient (Wildman–Crippen LogP) is 5.34. The maximum atomic E-state index is 7.13. The first-order chi connectivity index (χ1) is 9.62. The molecule has 0 aliphatic carbocycles. The minimum Gasteiger partial charge on any atom is -0.696 e. The van der Waals surface area contributed by atoms with E-state index in [1.165, 1.54) is 10.8 Å². The van der Waals surface area contributed by atoms with Gasteiger partial charge in [0.1, 0.15) is 0 Å². The minimum atomic E-state index is 0. The van der Waals surface area contributed by atoms with E-state index in [1.807, 2.05) is 60.7 Å². The molecule has 0 saturated carbocycles. The molecule has 0 fully saturated rings. The highest BCUT2D eigenvalue weighted by molar-refractivity contribution is 7.64. The number of thiocyanates is 2. The molecule has 6 heteroatoms. The van der Waals surface area contributed by atoms with E-state index in [4.69, 9.17) is 33.7 Å². The van der Waals surface area contributed by atoms with Gasteiger partial charge in [0.2, 0.25) is 0 Å². The van der Waals surface area contributed by atoms with E-state index in [1.54, 1.807) is 0 Å². The lowest BCUT2D eigenvalue weighted by Crippen LogP contribution is -1.55. The summed E-state index contributed by atoms with van der Waals surface area (Å²) in [5, 5.41) is 18.5. The summed E-state index contributed by atoms with van der Waals surface area (Å²) in [7, 11) is 0. The highest BCUT2D eigenvalue weighted by Crippen LogP contribution is 2.04. The van der Waals surface area contributed by atoms with Crippen LogP contribution in [0.25, 0.3) is 0 Å². The summed E-state index contributed by atoms with van der Waals surface area (Å²) < 4.78 is 0. The van der Waals surface area contributed by atoms with Crippen LogP contribution >= 0.6 is 23.2 Å². The fraction of sp³-hybridized carbons (Fsp3) is 0.0667. The highest BCUT2D eigenvalue weighted by Gasteiger charge is 1.75. The van der Waals surface area contributed by atoms with Crippen LogP contribution in [0.3, 0.4) is 0 Å². The van der Waals surface area contributed by atoms with Crippen molar-refractivity contribution in [2.45, 2.75) is 7.43 Å². The summed E-state index contributed by atoms with van der Waals surface area (Å²) in [5.74, 6) is 0. The molecule has 0 aliphatic heterocycles. The number of hydrogen-bond acceptors (Lipinski definition) is 4. The van der Waals surface area contributed by atoms with Crippen LogP contribution in [0.2, 0.25) is 10.0 Å². The number of nitriles is 2. The first-order valence-electron chi connectivity index (χ1n) is 5.05. The highest BCUT2D eigenvalue weighted by atomic mass is 35.5. The summed E-state index contributed by atoms with van der Waals surface area (Å²) in [5.41, 5.74) is 0. The normalized spacial score (nSPS) is 6.48. The standard InChI is InChI=1S/2C6H5Cl.2CHNS.CH4/c2*7-6-4-2-1-3-5-6;2*2-1-3;/h2*1-5H;2*3H;1H4/p-2. The Morgan fingerprint density at radius 1 is 0.667 bits per heavy atom. The maximum Gasteiger partial charge on any atom is 0.0405 e. The van der Waals surface area contributed by atoms with E-state index in [0.717, 1.165) is 10.0 Å². The fourth-order valence-corrected chi connectivity index (χ4v) is 1.12. The first kappa shape index (κ1) is 24.5. The Hall–Kier alpha value is -1.56. The average molecular weight is 357 g/mol. The van der Waals surface area contributed by atoms with Crippen LogP contribution in [0.5, 0.6) is 0 Å². The van der Waals surface area contributed by atoms with Crippen LogP contribution < -0.4 is 0 Å². The molecule has 0 atom stereocenters. The van der Waals surface area contributed by atoms with Gasteiger partial charge in [-0.2, -0.15) is 0 Å². The van der Waals surface area contributed by atoms with Gasteiger partial charge in [-0.3, -0.25) is 0 Å². The maximum absolute atomic E-state index is 7.13. The van der Waals surface area contributed by atoms with E-state index in [0.29, 0.717) is 0 Å². The van der Waals surface area contributed by atoms with Crippen molar-refractivity contribution in [3.05, 3.63) is 70.7 Å². The van der Waals surface area contributed by atoms with Crippen molar-refractivity contribution in [2.24, 2.45) is 0 Å². The zero-order chi connectivity index (χ0) is 15.6. The molecule has 0 N–H and O–H groups in total. The molecule has 0 aliphatic rings. The van der Waals surface area contributed by atoms with Gasteiger partial charge in [0.15, 0.2) is 0 Å². The molecule has 0 radical (unpaired) electrons. The zero-order valence-corrected chi connectivity index (χ0v) is 13.4. The minimum absolute atomic E-state index is 0. The van der Waals surface area contributed by atoms with Crippen molar-refractivity contribution < 1.29 is 0 Å². The molecule has 112 valence electrons. The average Bonchev–Trinajstić information content (AvgIpc) is 2.43. The number of nitrogens with zero attached hydrogens (tertiary/aromatic N) is 2. The topological polar surface area (TPSA) is 47.6 Å². The van der Waals surface area contributed by atoms with Gasteiger partial charge in [0.25, 0.3) is 0 Å². The quantitative estimate of drug-likeness (QED) is 0.471. The molecule has 2 rings (SSSR count). The molecule has 21 heavy (non-hydrogen) atoms. The fourth-order valence-electron chi connectivity index (χ4n) is 0.829. The summed E-state index contributed by atoms with van der Waals surface area (Å²) >= 11 is 18.5. The molecule has 0 unspecified atom stereocenters. The van der Waals surface area contributed by atoms with Gasteiger partial charge in [-0.1, -0.05) is 77.8 Å². The van der Waals surface area contributed by atoms with Gasteiger partial charge < -0.3 is 25.3 Å². The molecule has 0 aromatic heterocycles. The van der Waals surface area contributed by atoms with Crippen LogP contribution in [0.1, 0.15) is 7.43 Å². The molecule has 0 saturated heterocycles. The predicted molar refractivity (Wildman–Crippen MR) is 95.6 cm³/mol. The van der Waals surface area contributed by atoms with Crippen LogP contribution in [0.4, 0.5) is 0 Å². The second kappa shape index (κ2) is 20.8. The van der Waals surface area contributed by atoms with Gasteiger partial charge >= 0.3 is 0 Å². The summed E-state index contributed by atoms with van der Waals surface area (Å²) in [6, 6.07) is 18.9. The van der Waals surface area contributed by atoms with Gasteiger partial charge in [-0.15, -0.1) is 0 Å². The van der Waals surface area contributed by atoms with Crippen molar-refractivity contribution in [1.29, 1.82) is 10.5 Å². The molecule has 0 bridgehead atoms. The van der Waals surface area contributed by atoms with Gasteiger partial charge in [-0.25, -0.2) is 10.5 Å². The van der Waals surface area contributed by atoms with Gasteiger partial charge in [0.05, 0.1) is 0 Å². The Labute approximate surface area is 147 Å². The van der Waals surface area contributed by atoms with Crippen molar-refractivity contribution in [3.63, 3.8) is 0 Å². The third-order valence-corrected chi connectivity index (χ3v) is 1.97. The monoisotopic (exact) mass is 356 g/mol. The second-order valence-corrected chi connectivity index (χ2v) is 4.01. The van der Waals surface area contributed by atoms with E-state index in [-0.39, 0.29) is 7.43 Å². The smallest absolute Gasteiger partial charge is 0.0405 e. The number of halogens is 2. The van der Waals surface area contributed by atoms with Gasteiger partial charge in [-0.05, 0) is 24.3 Å². The first-order valence-corrected chi connectivity index (χ1v) is 6.63. The molecule has 0 spiro atoms. The molecular weight excluding hydrogens is 343 g/mol. The molecule has 2 aromatic carbocycles. The molecule has 2 nitrogen and oxygen atoms in total. The van der Waals surface area contributed by atoms with Crippen LogP contribution in [-0.4, -0.2) is 0 Å². The Bertz CT molecular complexity index is 459. The second-order valence-electron chi connectivity index (χ2n) is 2.77. The van der Waals surface area contributed by atoms with Crippen molar-refractivity contribution in [3.8, 4) is 10.8 Å². The van der Waals surface area contributed by atoms with Crippen molar-refractivity contribution in [1.82, 2.24) is 0 Å². The van der Waals surface area contributed by atoms with Crippen LogP contribution in [0, 0.1) is 21.3 Å². The van der Waals surface area contributed by atoms with Gasteiger partial charge in [0, 0.05) is 10.0 Å². The van der Waals surface area contributed by atoms with E-state index < -0.39 is 0 Å². The Kier molecular flexibility index (Phi) is 24.2. The summed E-state index contributed by atoms with van der Waals surface area (Å²) in [4.78, 5) is 0. The van der Waals surface area contributed by atoms with Crippen LogP contribution in [-0.2, 0) is 25.3 Å². The van der Waals surface area contributed by atoms with E-state index in [2.05, 4.69) is 25.3 Å². The molecular formula is C15H14Cl2N2S2-2. The zero-order valence-electron chi connectivity index (χ0n) is 10.2. The third kappa shape index (κ3) is 23.9. The number of rotatable bonds is 0.